The molecule has 4 rings (SSSR count). The molecule has 0 fully saturated rings. The predicted molar refractivity (Wildman–Crippen MR) is 112 cm³/mol. The SMILES string of the molecule is Fc1cccc(-c2cccc(C3CC(C(F)(F)C(F)(F)F)=NN3c3ccccc3Cl)c2)c1. The molecule has 0 spiro atoms. The molecule has 1 heterocycles. The van der Waals surface area contributed by atoms with Crippen molar-refractivity contribution >= 4 is 23.0 Å². The van der Waals surface area contributed by atoms with Crippen LogP contribution in [0.25, 0.3) is 11.1 Å². The number of alkyl halides is 5. The molecule has 1 atom stereocenters. The highest BCUT2D eigenvalue weighted by Crippen LogP contribution is 2.46. The van der Waals surface area contributed by atoms with Crippen LogP contribution in [0.2, 0.25) is 5.02 Å². The molecule has 0 bridgehead atoms. The summed E-state index contributed by atoms with van der Waals surface area (Å²) < 4.78 is 81.0. The zero-order valence-corrected chi connectivity index (χ0v) is 17.0. The first-order valence-electron chi connectivity index (χ1n) is 9.50. The van der Waals surface area contributed by atoms with Gasteiger partial charge in [-0.2, -0.15) is 27.1 Å². The number of nitrogens with zero attached hydrogens (tertiary/aromatic N) is 2. The molecule has 0 saturated carbocycles. The first-order valence-corrected chi connectivity index (χ1v) is 9.88. The first kappa shape index (κ1) is 22.2. The largest absolute Gasteiger partial charge is 0.459 e. The van der Waals surface area contributed by atoms with Gasteiger partial charge in [0.05, 0.1) is 16.8 Å². The van der Waals surface area contributed by atoms with Crippen LogP contribution in [-0.2, 0) is 0 Å². The van der Waals surface area contributed by atoms with Gasteiger partial charge in [-0.05, 0) is 47.0 Å². The summed E-state index contributed by atoms with van der Waals surface area (Å²) in [4.78, 5) is 0. The van der Waals surface area contributed by atoms with Gasteiger partial charge in [-0.1, -0.05) is 54.1 Å². The van der Waals surface area contributed by atoms with Crippen LogP contribution < -0.4 is 5.01 Å². The molecule has 3 aromatic rings. The van der Waals surface area contributed by atoms with E-state index in [2.05, 4.69) is 5.10 Å². The van der Waals surface area contributed by atoms with Gasteiger partial charge in [-0.25, -0.2) is 4.39 Å². The van der Waals surface area contributed by atoms with E-state index in [-0.39, 0.29) is 10.7 Å². The van der Waals surface area contributed by atoms with Crippen LogP contribution in [0.1, 0.15) is 18.0 Å². The average molecular weight is 469 g/mol. The molecule has 2 nitrogen and oxygen atoms in total. The Balaban J connectivity index is 1.79. The van der Waals surface area contributed by atoms with Crippen molar-refractivity contribution in [2.24, 2.45) is 5.10 Å². The molecule has 1 aliphatic rings. The molecule has 0 radical (unpaired) electrons. The Morgan fingerprint density at radius 1 is 0.844 bits per heavy atom. The Labute approximate surface area is 184 Å². The van der Waals surface area contributed by atoms with Crippen molar-refractivity contribution in [1.82, 2.24) is 0 Å². The minimum absolute atomic E-state index is 0.152. The summed E-state index contributed by atoms with van der Waals surface area (Å²) in [6, 6.07) is 17.5. The van der Waals surface area contributed by atoms with Crippen LogP contribution in [0.3, 0.4) is 0 Å². The summed E-state index contributed by atoms with van der Waals surface area (Å²) in [7, 11) is 0. The summed E-state index contributed by atoms with van der Waals surface area (Å²) in [5.74, 6) is -5.55. The lowest BCUT2D eigenvalue weighted by Gasteiger charge is -2.25. The normalized spacial score (nSPS) is 16.9. The average Bonchev–Trinajstić information content (AvgIpc) is 3.19. The minimum Gasteiger partial charge on any atom is -0.256 e. The molecule has 3 aromatic carbocycles. The molecule has 166 valence electrons. The molecule has 1 aliphatic heterocycles. The Kier molecular flexibility index (Phi) is 5.67. The van der Waals surface area contributed by atoms with Gasteiger partial charge < -0.3 is 0 Å². The van der Waals surface area contributed by atoms with Crippen molar-refractivity contribution in [3.8, 4) is 11.1 Å². The third-order valence-electron chi connectivity index (χ3n) is 5.16. The van der Waals surface area contributed by atoms with E-state index in [1.165, 1.54) is 30.3 Å². The third kappa shape index (κ3) is 4.07. The highest BCUT2D eigenvalue weighted by Gasteiger charge is 2.62. The number of hydrogen-bond donors (Lipinski definition) is 0. The summed E-state index contributed by atoms with van der Waals surface area (Å²) in [6.45, 7) is 0. The van der Waals surface area contributed by atoms with Crippen molar-refractivity contribution in [2.75, 3.05) is 5.01 Å². The number of rotatable bonds is 4. The molecule has 0 amide bonds. The van der Waals surface area contributed by atoms with E-state index in [9.17, 15) is 26.3 Å². The summed E-state index contributed by atoms with van der Waals surface area (Å²) >= 11 is 6.19. The highest BCUT2D eigenvalue weighted by atomic mass is 35.5. The summed E-state index contributed by atoms with van der Waals surface area (Å²) in [5.41, 5.74) is 0.450. The van der Waals surface area contributed by atoms with Crippen molar-refractivity contribution in [3.05, 3.63) is 89.2 Å². The van der Waals surface area contributed by atoms with Crippen LogP contribution >= 0.6 is 11.6 Å². The third-order valence-corrected chi connectivity index (χ3v) is 5.48. The van der Waals surface area contributed by atoms with E-state index < -0.39 is 36.1 Å². The quantitative estimate of drug-likeness (QED) is 0.359. The van der Waals surface area contributed by atoms with E-state index in [0.717, 1.165) is 5.01 Å². The predicted octanol–water partition coefficient (Wildman–Crippen LogP) is 7.65. The second kappa shape index (κ2) is 8.16. The van der Waals surface area contributed by atoms with Gasteiger partial charge in [0.25, 0.3) is 0 Å². The molecular weight excluding hydrogens is 454 g/mol. The molecule has 0 aromatic heterocycles. The smallest absolute Gasteiger partial charge is 0.256 e. The van der Waals surface area contributed by atoms with Crippen molar-refractivity contribution in [3.63, 3.8) is 0 Å². The first-order chi connectivity index (χ1) is 15.1. The monoisotopic (exact) mass is 468 g/mol. The second-order valence-electron chi connectivity index (χ2n) is 7.27. The van der Waals surface area contributed by atoms with E-state index in [1.54, 1.807) is 42.5 Å². The maximum atomic E-state index is 14.1. The second-order valence-corrected chi connectivity index (χ2v) is 7.68. The topological polar surface area (TPSA) is 15.6 Å². The molecule has 9 heteroatoms. The lowest BCUT2D eigenvalue weighted by molar-refractivity contribution is -0.249. The van der Waals surface area contributed by atoms with Crippen LogP contribution in [-0.4, -0.2) is 17.8 Å². The fourth-order valence-corrected chi connectivity index (χ4v) is 3.80. The maximum Gasteiger partial charge on any atom is 0.459 e. The number of halogens is 7. The van der Waals surface area contributed by atoms with Gasteiger partial charge in [-0.3, -0.25) is 5.01 Å². The van der Waals surface area contributed by atoms with Crippen molar-refractivity contribution in [2.45, 2.75) is 24.6 Å². The van der Waals surface area contributed by atoms with Crippen LogP contribution in [0.15, 0.2) is 77.9 Å². The molecule has 0 saturated heterocycles. The van der Waals surface area contributed by atoms with Crippen LogP contribution in [0.4, 0.5) is 32.0 Å². The lowest BCUT2D eigenvalue weighted by Crippen LogP contribution is -2.43. The van der Waals surface area contributed by atoms with Gasteiger partial charge in [0.15, 0.2) is 0 Å². The maximum absolute atomic E-state index is 14.1. The van der Waals surface area contributed by atoms with Gasteiger partial charge in [0, 0.05) is 6.42 Å². The van der Waals surface area contributed by atoms with Gasteiger partial charge >= 0.3 is 12.1 Å². The molecule has 0 aliphatic carbocycles. The van der Waals surface area contributed by atoms with E-state index in [4.69, 9.17) is 11.6 Å². The van der Waals surface area contributed by atoms with E-state index in [0.29, 0.717) is 16.7 Å². The molecule has 0 N–H and O–H groups in total. The van der Waals surface area contributed by atoms with Crippen LogP contribution in [0.5, 0.6) is 0 Å². The highest BCUT2D eigenvalue weighted by molar-refractivity contribution is 6.33. The Bertz CT molecular complexity index is 1170. The van der Waals surface area contributed by atoms with E-state index >= 15 is 0 Å². The Hall–Kier alpha value is -3.00. The molecule has 32 heavy (non-hydrogen) atoms. The zero-order chi connectivity index (χ0) is 23.1. The van der Waals surface area contributed by atoms with Crippen molar-refractivity contribution < 1.29 is 26.3 Å². The number of hydrazone groups is 1. The number of hydrogen-bond acceptors (Lipinski definition) is 2. The van der Waals surface area contributed by atoms with Crippen LogP contribution in [0, 0.1) is 5.82 Å². The number of para-hydroxylation sites is 1. The molecular formula is C23H15ClF6N2. The Morgan fingerprint density at radius 2 is 1.50 bits per heavy atom. The van der Waals surface area contributed by atoms with E-state index in [1.807, 2.05) is 0 Å². The van der Waals surface area contributed by atoms with Crippen molar-refractivity contribution in [1.29, 1.82) is 0 Å². The lowest BCUT2D eigenvalue weighted by atomic mass is 9.95. The number of benzene rings is 3. The standard InChI is InChI=1S/C23H15ClF6N2/c24-18-9-1-2-10-19(18)32-20(13-21(31-32)22(26,27)23(28,29)30)16-7-3-5-14(11-16)15-6-4-8-17(25)12-15/h1-12,20H,13H2. The van der Waals surface area contributed by atoms with Gasteiger partial charge in [-0.15, -0.1) is 0 Å². The Morgan fingerprint density at radius 3 is 2.16 bits per heavy atom. The van der Waals surface area contributed by atoms with Gasteiger partial charge in [0.1, 0.15) is 11.5 Å². The minimum atomic E-state index is -5.78. The zero-order valence-electron chi connectivity index (χ0n) is 16.3. The summed E-state index contributed by atoms with van der Waals surface area (Å²) in [5, 5.41) is 4.90. The van der Waals surface area contributed by atoms with Gasteiger partial charge in [0.2, 0.25) is 0 Å². The summed E-state index contributed by atoms with van der Waals surface area (Å²) in [6.07, 6.45) is -6.44. The number of anilines is 1. The molecule has 1 unspecified atom stereocenters. The fraction of sp³-hybridized carbons (Fsp3) is 0.174. The fourth-order valence-electron chi connectivity index (χ4n) is 3.58.